The Balaban J connectivity index is 2.53. The molecule has 1 rings (SSSR count). The molecule has 3 nitrogen and oxygen atoms in total. The molecule has 0 aromatic heterocycles. The van der Waals surface area contributed by atoms with Crippen molar-refractivity contribution in [3.8, 4) is 0 Å². The molecule has 0 aliphatic rings. The first kappa shape index (κ1) is 9.86. The van der Waals surface area contributed by atoms with E-state index in [0.717, 1.165) is 29.9 Å². The summed E-state index contributed by atoms with van der Waals surface area (Å²) in [4.78, 5) is 0. The van der Waals surface area contributed by atoms with E-state index in [4.69, 9.17) is 11.5 Å². The monoisotopic (exact) mass is 179 g/mol. The van der Waals surface area contributed by atoms with Crippen molar-refractivity contribution in [1.82, 2.24) is 0 Å². The molecule has 0 unspecified atom stereocenters. The van der Waals surface area contributed by atoms with E-state index in [1.54, 1.807) is 0 Å². The Labute approximate surface area is 79.1 Å². The molecule has 0 saturated heterocycles. The molecule has 0 aliphatic heterocycles. The predicted molar refractivity (Wildman–Crippen MR) is 57.8 cm³/mol. The molecule has 0 bridgehead atoms. The summed E-state index contributed by atoms with van der Waals surface area (Å²) in [6.07, 6.45) is 0.980. The number of anilines is 2. The Bertz CT molecular complexity index is 271. The highest BCUT2D eigenvalue weighted by molar-refractivity contribution is 5.58. The fourth-order valence-electron chi connectivity index (χ4n) is 1.09. The molecule has 0 radical (unpaired) electrons. The van der Waals surface area contributed by atoms with Crippen molar-refractivity contribution in [2.75, 3.05) is 24.1 Å². The van der Waals surface area contributed by atoms with Crippen LogP contribution in [0.4, 0.5) is 11.4 Å². The SMILES string of the molecule is Cc1ccc(NCCCN)cc1N. The van der Waals surface area contributed by atoms with E-state index >= 15 is 0 Å². The van der Waals surface area contributed by atoms with Gasteiger partial charge in [-0.05, 0) is 37.6 Å². The van der Waals surface area contributed by atoms with Gasteiger partial charge in [-0.15, -0.1) is 0 Å². The third-order valence-electron chi connectivity index (χ3n) is 1.99. The summed E-state index contributed by atoms with van der Waals surface area (Å²) in [6.45, 7) is 3.62. The highest BCUT2D eigenvalue weighted by Gasteiger charge is 1.95. The van der Waals surface area contributed by atoms with Gasteiger partial charge in [0.15, 0.2) is 0 Å². The number of nitrogens with two attached hydrogens (primary N) is 2. The lowest BCUT2D eigenvalue weighted by Gasteiger charge is -2.07. The van der Waals surface area contributed by atoms with E-state index in [1.807, 2.05) is 25.1 Å². The topological polar surface area (TPSA) is 64.1 Å². The van der Waals surface area contributed by atoms with Crippen LogP contribution in [0.1, 0.15) is 12.0 Å². The van der Waals surface area contributed by atoms with Gasteiger partial charge in [-0.2, -0.15) is 0 Å². The fraction of sp³-hybridized carbons (Fsp3) is 0.400. The molecule has 0 amide bonds. The van der Waals surface area contributed by atoms with Crippen LogP contribution in [0, 0.1) is 6.92 Å². The molecule has 0 aliphatic carbocycles. The number of nitrogens with one attached hydrogen (secondary N) is 1. The van der Waals surface area contributed by atoms with Crippen LogP contribution in [0.15, 0.2) is 18.2 Å². The van der Waals surface area contributed by atoms with Crippen LogP contribution < -0.4 is 16.8 Å². The Morgan fingerprint density at radius 2 is 2.15 bits per heavy atom. The van der Waals surface area contributed by atoms with Crippen LogP contribution in [0.25, 0.3) is 0 Å². The normalized spacial score (nSPS) is 10.0. The van der Waals surface area contributed by atoms with Gasteiger partial charge in [0.25, 0.3) is 0 Å². The van der Waals surface area contributed by atoms with Crippen molar-refractivity contribution in [3.05, 3.63) is 23.8 Å². The lowest BCUT2D eigenvalue weighted by Crippen LogP contribution is -2.08. The van der Waals surface area contributed by atoms with Crippen molar-refractivity contribution >= 4 is 11.4 Å². The zero-order valence-corrected chi connectivity index (χ0v) is 8.01. The lowest BCUT2D eigenvalue weighted by molar-refractivity contribution is 0.874. The summed E-state index contributed by atoms with van der Waals surface area (Å²) in [7, 11) is 0. The second kappa shape index (κ2) is 4.72. The highest BCUT2D eigenvalue weighted by Crippen LogP contribution is 2.16. The molecule has 0 fully saturated rings. The summed E-state index contributed by atoms with van der Waals surface area (Å²) >= 11 is 0. The van der Waals surface area contributed by atoms with Gasteiger partial charge >= 0.3 is 0 Å². The molecular formula is C10H17N3. The van der Waals surface area contributed by atoms with E-state index in [1.165, 1.54) is 0 Å². The number of aryl methyl sites for hydroxylation is 1. The van der Waals surface area contributed by atoms with Gasteiger partial charge in [0.2, 0.25) is 0 Å². The smallest absolute Gasteiger partial charge is 0.0364 e. The van der Waals surface area contributed by atoms with Gasteiger partial charge in [-0.25, -0.2) is 0 Å². The molecule has 13 heavy (non-hydrogen) atoms. The van der Waals surface area contributed by atoms with Crippen LogP contribution in [0.3, 0.4) is 0 Å². The Morgan fingerprint density at radius 1 is 1.38 bits per heavy atom. The first-order chi connectivity index (χ1) is 6.24. The lowest BCUT2D eigenvalue weighted by atomic mass is 10.2. The van der Waals surface area contributed by atoms with Crippen LogP contribution >= 0.6 is 0 Å². The first-order valence-corrected chi connectivity index (χ1v) is 4.54. The Hall–Kier alpha value is -1.22. The van der Waals surface area contributed by atoms with Crippen LogP contribution in [-0.4, -0.2) is 13.1 Å². The van der Waals surface area contributed by atoms with E-state index in [2.05, 4.69) is 5.32 Å². The average molecular weight is 179 g/mol. The zero-order valence-electron chi connectivity index (χ0n) is 8.01. The van der Waals surface area contributed by atoms with Crippen LogP contribution in [0.5, 0.6) is 0 Å². The minimum atomic E-state index is 0.717. The molecule has 1 aromatic rings. The molecule has 0 spiro atoms. The van der Waals surface area contributed by atoms with E-state index in [-0.39, 0.29) is 0 Å². The summed E-state index contributed by atoms with van der Waals surface area (Å²) in [6, 6.07) is 5.99. The minimum absolute atomic E-state index is 0.717. The maximum absolute atomic E-state index is 5.76. The molecule has 0 heterocycles. The minimum Gasteiger partial charge on any atom is -0.398 e. The quantitative estimate of drug-likeness (QED) is 0.482. The molecule has 72 valence electrons. The first-order valence-electron chi connectivity index (χ1n) is 4.54. The number of nitrogen functional groups attached to an aromatic ring is 1. The fourth-order valence-corrected chi connectivity index (χ4v) is 1.09. The van der Waals surface area contributed by atoms with Gasteiger partial charge in [0.05, 0.1) is 0 Å². The largest absolute Gasteiger partial charge is 0.398 e. The van der Waals surface area contributed by atoms with Crippen LogP contribution in [-0.2, 0) is 0 Å². The van der Waals surface area contributed by atoms with Crippen LogP contribution in [0.2, 0.25) is 0 Å². The maximum Gasteiger partial charge on any atom is 0.0364 e. The molecule has 5 N–H and O–H groups in total. The summed E-state index contributed by atoms with van der Waals surface area (Å²) < 4.78 is 0. The molecule has 0 saturated carbocycles. The van der Waals surface area contributed by atoms with Gasteiger partial charge in [-0.3, -0.25) is 0 Å². The van der Waals surface area contributed by atoms with Crippen molar-refractivity contribution in [2.24, 2.45) is 5.73 Å². The van der Waals surface area contributed by atoms with Gasteiger partial charge in [-0.1, -0.05) is 6.07 Å². The second-order valence-electron chi connectivity index (χ2n) is 3.14. The number of benzene rings is 1. The van der Waals surface area contributed by atoms with Crippen molar-refractivity contribution in [1.29, 1.82) is 0 Å². The van der Waals surface area contributed by atoms with E-state index in [9.17, 15) is 0 Å². The van der Waals surface area contributed by atoms with E-state index < -0.39 is 0 Å². The summed E-state index contributed by atoms with van der Waals surface area (Å²) in [5, 5.41) is 3.25. The third kappa shape index (κ3) is 2.95. The van der Waals surface area contributed by atoms with Crippen molar-refractivity contribution in [2.45, 2.75) is 13.3 Å². The van der Waals surface area contributed by atoms with Gasteiger partial charge < -0.3 is 16.8 Å². The molecule has 3 heteroatoms. The van der Waals surface area contributed by atoms with Crippen molar-refractivity contribution < 1.29 is 0 Å². The Morgan fingerprint density at radius 3 is 2.77 bits per heavy atom. The summed E-state index contributed by atoms with van der Waals surface area (Å²) in [5.74, 6) is 0. The van der Waals surface area contributed by atoms with Gasteiger partial charge in [0.1, 0.15) is 0 Å². The maximum atomic E-state index is 5.76. The summed E-state index contributed by atoms with van der Waals surface area (Å²) in [5.41, 5.74) is 14.2. The number of rotatable bonds is 4. The molecular weight excluding hydrogens is 162 g/mol. The Kier molecular flexibility index (Phi) is 3.58. The number of hydrogen-bond acceptors (Lipinski definition) is 3. The molecule has 0 atom stereocenters. The van der Waals surface area contributed by atoms with E-state index in [0.29, 0.717) is 6.54 Å². The standard InChI is InChI=1S/C10H17N3/c1-8-3-4-9(7-10(8)12)13-6-2-5-11/h3-4,7,13H,2,5-6,11-12H2,1H3. The van der Waals surface area contributed by atoms with Crippen molar-refractivity contribution in [3.63, 3.8) is 0 Å². The third-order valence-corrected chi connectivity index (χ3v) is 1.99. The highest BCUT2D eigenvalue weighted by atomic mass is 14.9. The zero-order chi connectivity index (χ0) is 9.68. The number of hydrogen-bond donors (Lipinski definition) is 3. The second-order valence-corrected chi connectivity index (χ2v) is 3.14. The predicted octanol–water partition coefficient (Wildman–Crippen LogP) is 1.34. The molecule has 1 aromatic carbocycles. The van der Waals surface area contributed by atoms with Gasteiger partial charge in [0, 0.05) is 17.9 Å². The average Bonchev–Trinajstić information content (AvgIpc) is 2.12.